The van der Waals surface area contributed by atoms with E-state index < -0.39 is 0 Å². The van der Waals surface area contributed by atoms with Gasteiger partial charge in [-0.25, -0.2) is 0 Å². The van der Waals surface area contributed by atoms with E-state index in [2.05, 4.69) is 12.2 Å². The highest BCUT2D eigenvalue weighted by Crippen LogP contribution is 2.34. The van der Waals surface area contributed by atoms with Crippen LogP contribution in [-0.2, 0) is 9.53 Å². The predicted octanol–water partition coefficient (Wildman–Crippen LogP) is 2.04. The molecule has 2 aliphatic rings. The number of hydrogen-bond acceptors (Lipinski definition) is 3. The second-order valence-electron chi connectivity index (χ2n) is 6.55. The van der Waals surface area contributed by atoms with E-state index in [-0.39, 0.29) is 5.41 Å². The Morgan fingerprint density at radius 2 is 2.15 bits per heavy atom. The van der Waals surface area contributed by atoms with Crippen LogP contribution < -0.4 is 5.32 Å². The molecule has 1 amide bonds. The molecule has 1 unspecified atom stereocenters. The molecule has 0 saturated carbocycles. The van der Waals surface area contributed by atoms with Crippen molar-refractivity contribution in [3.05, 3.63) is 0 Å². The first-order valence-electron chi connectivity index (χ1n) is 8.22. The first-order chi connectivity index (χ1) is 9.68. The molecule has 2 fully saturated rings. The Morgan fingerprint density at radius 3 is 2.75 bits per heavy atom. The molecule has 2 heterocycles. The molecular weight excluding hydrogens is 252 g/mol. The van der Waals surface area contributed by atoms with Gasteiger partial charge in [0.25, 0.3) is 0 Å². The Kier molecular flexibility index (Phi) is 5.85. The normalized spacial score (nSPS) is 28.3. The molecule has 1 N–H and O–H groups in total. The van der Waals surface area contributed by atoms with Crippen LogP contribution in [0.1, 0.15) is 45.4 Å². The van der Waals surface area contributed by atoms with Gasteiger partial charge < -0.3 is 15.0 Å². The first kappa shape index (κ1) is 15.8. The van der Waals surface area contributed by atoms with Crippen LogP contribution in [0.2, 0.25) is 0 Å². The molecular formula is C16H30N2O2. The van der Waals surface area contributed by atoms with Gasteiger partial charge in [-0.05, 0) is 44.6 Å². The zero-order valence-electron chi connectivity index (χ0n) is 13.1. The lowest BCUT2D eigenvalue weighted by Crippen LogP contribution is -2.51. The van der Waals surface area contributed by atoms with Crippen LogP contribution in [0.4, 0.5) is 0 Å². The quantitative estimate of drug-likeness (QED) is 0.839. The van der Waals surface area contributed by atoms with Crippen molar-refractivity contribution in [1.29, 1.82) is 0 Å². The summed E-state index contributed by atoms with van der Waals surface area (Å²) in [6, 6.07) is 0. The fraction of sp³-hybridized carbons (Fsp3) is 0.938. The van der Waals surface area contributed by atoms with Crippen molar-refractivity contribution in [2.24, 2.45) is 11.3 Å². The molecule has 4 heteroatoms. The molecule has 2 saturated heterocycles. The van der Waals surface area contributed by atoms with Gasteiger partial charge in [0.2, 0.25) is 5.91 Å². The molecule has 1 atom stereocenters. The number of nitrogens with one attached hydrogen (secondary N) is 1. The van der Waals surface area contributed by atoms with Crippen LogP contribution in [0, 0.1) is 11.3 Å². The third-order valence-electron chi connectivity index (χ3n) is 4.87. The summed E-state index contributed by atoms with van der Waals surface area (Å²) in [5.74, 6) is 0.978. The van der Waals surface area contributed by atoms with Gasteiger partial charge in [0.05, 0.1) is 5.41 Å². The number of amides is 1. The molecule has 20 heavy (non-hydrogen) atoms. The molecule has 4 nitrogen and oxygen atoms in total. The van der Waals surface area contributed by atoms with Crippen LogP contribution in [0.25, 0.3) is 0 Å². The summed E-state index contributed by atoms with van der Waals surface area (Å²) >= 11 is 0. The van der Waals surface area contributed by atoms with Crippen LogP contribution in [0.15, 0.2) is 0 Å². The average Bonchev–Trinajstić information content (AvgIpc) is 2.48. The second kappa shape index (κ2) is 7.41. The van der Waals surface area contributed by atoms with E-state index in [9.17, 15) is 4.79 Å². The lowest BCUT2D eigenvalue weighted by atomic mass is 9.75. The molecule has 2 aliphatic heterocycles. The van der Waals surface area contributed by atoms with E-state index in [0.29, 0.717) is 11.8 Å². The summed E-state index contributed by atoms with van der Waals surface area (Å²) in [6.07, 6.45) is 6.45. The Bertz CT molecular complexity index is 302. The molecule has 0 aliphatic carbocycles. The molecule has 0 aromatic rings. The van der Waals surface area contributed by atoms with Crippen molar-refractivity contribution in [2.75, 3.05) is 39.9 Å². The van der Waals surface area contributed by atoms with Gasteiger partial charge in [-0.2, -0.15) is 0 Å². The number of hydrogen-bond donors (Lipinski definition) is 1. The monoisotopic (exact) mass is 282 g/mol. The van der Waals surface area contributed by atoms with Crippen LogP contribution in [-0.4, -0.2) is 50.7 Å². The average molecular weight is 282 g/mol. The number of carbonyl (C=O) groups excluding carboxylic acids is 1. The highest BCUT2D eigenvalue weighted by atomic mass is 16.5. The Labute approximate surface area is 123 Å². The van der Waals surface area contributed by atoms with E-state index in [4.69, 9.17) is 4.74 Å². The number of nitrogens with zero attached hydrogens (tertiary/aromatic N) is 1. The van der Waals surface area contributed by atoms with E-state index in [0.717, 1.165) is 71.4 Å². The van der Waals surface area contributed by atoms with Gasteiger partial charge in [-0.15, -0.1) is 0 Å². The van der Waals surface area contributed by atoms with Gasteiger partial charge in [-0.1, -0.05) is 13.3 Å². The zero-order valence-corrected chi connectivity index (χ0v) is 13.1. The number of ether oxygens (including phenoxy) is 1. The topological polar surface area (TPSA) is 41.6 Å². The minimum atomic E-state index is -0.146. The molecule has 0 aromatic heterocycles. The molecule has 0 aromatic carbocycles. The maximum atomic E-state index is 12.9. The van der Waals surface area contributed by atoms with Crippen LogP contribution in [0.5, 0.6) is 0 Å². The zero-order chi connectivity index (χ0) is 14.4. The minimum absolute atomic E-state index is 0.146. The minimum Gasteiger partial charge on any atom is -0.381 e. The third kappa shape index (κ3) is 3.73. The summed E-state index contributed by atoms with van der Waals surface area (Å²) < 4.78 is 5.40. The first-order valence-corrected chi connectivity index (χ1v) is 8.22. The molecule has 2 rings (SSSR count). The standard InChI is InChI=1S/C16H30N2O2/c1-3-7-16(8-4-9-17-13-16)15(19)18(2)12-14-5-10-20-11-6-14/h14,17H,3-13H2,1-2H3. The summed E-state index contributed by atoms with van der Waals surface area (Å²) in [6.45, 7) is 6.71. The smallest absolute Gasteiger partial charge is 0.229 e. The maximum Gasteiger partial charge on any atom is 0.229 e. The van der Waals surface area contributed by atoms with Gasteiger partial charge in [-0.3, -0.25) is 4.79 Å². The summed E-state index contributed by atoms with van der Waals surface area (Å²) in [5, 5.41) is 3.43. The molecule has 0 bridgehead atoms. The lowest BCUT2D eigenvalue weighted by Gasteiger charge is -2.40. The van der Waals surface area contributed by atoms with Crippen molar-refractivity contribution in [1.82, 2.24) is 10.2 Å². The summed E-state index contributed by atoms with van der Waals surface area (Å²) in [4.78, 5) is 14.9. The summed E-state index contributed by atoms with van der Waals surface area (Å²) in [7, 11) is 1.99. The largest absolute Gasteiger partial charge is 0.381 e. The van der Waals surface area contributed by atoms with Gasteiger partial charge in [0, 0.05) is 33.4 Å². The Hall–Kier alpha value is -0.610. The number of rotatable bonds is 5. The van der Waals surface area contributed by atoms with Crippen molar-refractivity contribution >= 4 is 5.91 Å². The van der Waals surface area contributed by atoms with Crippen molar-refractivity contribution in [3.63, 3.8) is 0 Å². The number of piperidine rings is 1. The predicted molar refractivity (Wildman–Crippen MR) is 80.6 cm³/mol. The van der Waals surface area contributed by atoms with E-state index in [1.54, 1.807) is 0 Å². The number of carbonyl (C=O) groups is 1. The lowest BCUT2D eigenvalue weighted by molar-refractivity contribution is -0.143. The third-order valence-corrected chi connectivity index (χ3v) is 4.87. The Morgan fingerprint density at radius 1 is 1.40 bits per heavy atom. The highest BCUT2D eigenvalue weighted by molar-refractivity contribution is 5.83. The molecule has 0 radical (unpaired) electrons. The van der Waals surface area contributed by atoms with Gasteiger partial charge >= 0.3 is 0 Å². The van der Waals surface area contributed by atoms with Gasteiger partial charge in [0.1, 0.15) is 0 Å². The van der Waals surface area contributed by atoms with E-state index in [1.807, 2.05) is 11.9 Å². The van der Waals surface area contributed by atoms with Crippen LogP contribution >= 0.6 is 0 Å². The van der Waals surface area contributed by atoms with Crippen molar-refractivity contribution in [3.8, 4) is 0 Å². The molecule has 116 valence electrons. The van der Waals surface area contributed by atoms with Crippen LogP contribution in [0.3, 0.4) is 0 Å². The maximum absolute atomic E-state index is 12.9. The Balaban J connectivity index is 1.95. The fourth-order valence-corrected chi connectivity index (χ4v) is 3.75. The van der Waals surface area contributed by atoms with Crippen molar-refractivity contribution < 1.29 is 9.53 Å². The molecule has 0 spiro atoms. The summed E-state index contributed by atoms with van der Waals surface area (Å²) in [5.41, 5.74) is -0.146. The highest BCUT2D eigenvalue weighted by Gasteiger charge is 2.40. The van der Waals surface area contributed by atoms with Gasteiger partial charge in [0.15, 0.2) is 0 Å². The van der Waals surface area contributed by atoms with E-state index >= 15 is 0 Å². The second-order valence-corrected chi connectivity index (χ2v) is 6.55. The fourth-order valence-electron chi connectivity index (χ4n) is 3.75. The SMILES string of the molecule is CCCC1(C(=O)N(C)CC2CCOCC2)CCCNC1. The van der Waals surface area contributed by atoms with Crippen molar-refractivity contribution in [2.45, 2.75) is 45.4 Å². The van der Waals surface area contributed by atoms with E-state index in [1.165, 1.54) is 0 Å².